The van der Waals surface area contributed by atoms with Gasteiger partial charge in [0.05, 0.1) is 0 Å². The maximum Gasteiger partial charge on any atom is 0.123 e. The van der Waals surface area contributed by atoms with Crippen LogP contribution in [0.2, 0.25) is 0 Å². The molecule has 0 amide bonds. The Hall–Kier alpha value is -0.890. The lowest BCUT2D eigenvalue weighted by molar-refractivity contribution is 0.118. The lowest BCUT2D eigenvalue weighted by Crippen LogP contribution is -2.40. The molecule has 1 aliphatic carbocycles. The Labute approximate surface area is 123 Å². The number of nitrogens with one attached hydrogen (secondary N) is 1. The van der Waals surface area contributed by atoms with Gasteiger partial charge in [-0.15, -0.1) is 0 Å². The van der Waals surface area contributed by atoms with Gasteiger partial charge in [0.1, 0.15) is 5.82 Å². The minimum absolute atomic E-state index is 0.146. The second kappa shape index (κ2) is 7.21. The van der Waals surface area contributed by atoms with E-state index in [2.05, 4.69) is 19.2 Å². The van der Waals surface area contributed by atoms with Gasteiger partial charge in [-0.05, 0) is 48.8 Å². The fourth-order valence-corrected chi connectivity index (χ4v) is 3.16. The molecule has 20 heavy (non-hydrogen) atoms. The van der Waals surface area contributed by atoms with Crippen LogP contribution >= 0.6 is 0 Å². The molecule has 1 aromatic rings. The predicted molar refractivity (Wildman–Crippen MR) is 83.2 cm³/mol. The number of halogens is 1. The molecule has 112 valence electrons. The van der Waals surface area contributed by atoms with Crippen LogP contribution in [-0.2, 0) is 0 Å². The van der Waals surface area contributed by atoms with E-state index >= 15 is 0 Å². The predicted octanol–water partition coefficient (Wildman–Crippen LogP) is 5.23. The molecule has 0 heterocycles. The molecular weight excluding hydrogens is 249 g/mol. The standard InChI is InChI=1S/C18H28FN/c1-3-5-7-17(15-8-10-16(19)11-9-15)20-14-18(4-2)12-6-13-18/h8-11,17,20H,3-7,12-14H2,1-2H3. The third kappa shape index (κ3) is 3.82. The number of hydrogen-bond acceptors (Lipinski definition) is 1. The smallest absolute Gasteiger partial charge is 0.123 e. The monoisotopic (exact) mass is 277 g/mol. The topological polar surface area (TPSA) is 12.0 Å². The molecule has 0 saturated heterocycles. The molecule has 1 saturated carbocycles. The molecule has 0 radical (unpaired) electrons. The van der Waals surface area contributed by atoms with Crippen molar-refractivity contribution in [3.05, 3.63) is 35.6 Å². The third-order valence-electron chi connectivity index (χ3n) is 5.01. The van der Waals surface area contributed by atoms with Crippen LogP contribution in [0.5, 0.6) is 0 Å². The summed E-state index contributed by atoms with van der Waals surface area (Å²) in [5.74, 6) is -0.146. The van der Waals surface area contributed by atoms with Gasteiger partial charge in [0.15, 0.2) is 0 Å². The average molecular weight is 277 g/mol. The van der Waals surface area contributed by atoms with Gasteiger partial charge in [0.25, 0.3) is 0 Å². The zero-order valence-corrected chi connectivity index (χ0v) is 12.9. The second-order valence-electron chi connectivity index (χ2n) is 6.33. The summed E-state index contributed by atoms with van der Waals surface area (Å²) < 4.78 is 13.1. The number of unbranched alkanes of at least 4 members (excludes halogenated alkanes) is 1. The third-order valence-corrected chi connectivity index (χ3v) is 5.01. The first-order valence-electron chi connectivity index (χ1n) is 8.18. The molecule has 0 bridgehead atoms. The molecule has 1 atom stereocenters. The molecule has 0 aromatic heterocycles. The van der Waals surface area contributed by atoms with Crippen LogP contribution in [0.25, 0.3) is 0 Å². The number of benzene rings is 1. The van der Waals surface area contributed by atoms with Crippen molar-refractivity contribution in [2.24, 2.45) is 5.41 Å². The maximum absolute atomic E-state index is 13.1. The first-order valence-corrected chi connectivity index (χ1v) is 8.18. The van der Waals surface area contributed by atoms with Crippen molar-refractivity contribution in [2.75, 3.05) is 6.54 Å². The Balaban J connectivity index is 1.97. The van der Waals surface area contributed by atoms with E-state index < -0.39 is 0 Å². The zero-order valence-electron chi connectivity index (χ0n) is 12.9. The first-order chi connectivity index (χ1) is 9.69. The first kappa shape index (κ1) is 15.5. The van der Waals surface area contributed by atoms with Gasteiger partial charge < -0.3 is 5.32 Å². The van der Waals surface area contributed by atoms with E-state index in [1.165, 1.54) is 44.1 Å². The van der Waals surface area contributed by atoms with E-state index in [1.54, 1.807) is 12.1 Å². The molecule has 1 aromatic carbocycles. The highest BCUT2D eigenvalue weighted by Gasteiger charge is 2.35. The minimum Gasteiger partial charge on any atom is -0.309 e. The Morgan fingerprint density at radius 2 is 1.90 bits per heavy atom. The molecule has 2 rings (SSSR count). The van der Waals surface area contributed by atoms with Gasteiger partial charge in [0.2, 0.25) is 0 Å². The summed E-state index contributed by atoms with van der Waals surface area (Å²) in [6, 6.07) is 7.40. The second-order valence-corrected chi connectivity index (χ2v) is 6.33. The fourth-order valence-electron chi connectivity index (χ4n) is 3.16. The quantitative estimate of drug-likeness (QED) is 0.686. The van der Waals surface area contributed by atoms with E-state index in [-0.39, 0.29) is 5.82 Å². The van der Waals surface area contributed by atoms with Crippen molar-refractivity contribution in [1.82, 2.24) is 5.32 Å². The Morgan fingerprint density at radius 3 is 2.40 bits per heavy atom. The van der Waals surface area contributed by atoms with Crippen LogP contribution in [-0.4, -0.2) is 6.54 Å². The van der Waals surface area contributed by atoms with E-state index in [4.69, 9.17) is 0 Å². The van der Waals surface area contributed by atoms with Crippen molar-refractivity contribution < 1.29 is 4.39 Å². The van der Waals surface area contributed by atoms with E-state index in [0.717, 1.165) is 13.0 Å². The van der Waals surface area contributed by atoms with E-state index in [9.17, 15) is 4.39 Å². The molecule has 1 N–H and O–H groups in total. The van der Waals surface area contributed by atoms with Crippen LogP contribution in [0, 0.1) is 11.2 Å². The van der Waals surface area contributed by atoms with Gasteiger partial charge in [0, 0.05) is 12.6 Å². The molecule has 1 unspecified atom stereocenters. The number of rotatable bonds is 8. The molecule has 1 aliphatic rings. The Bertz CT molecular complexity index is 389. The van der Waals surface area contributed by atoms with E-state index in [1.807, 2.05) is 12.1 Å². The largest absolute Gasteiger partial charge is 0.309 e. The summed E-state index contributed by atoms with van der Waals surface area (Å²) in [4.78, 5) is 0. The molecule has 0 aliphatic heterocycles. The summed E-state index contributed by atoms with van der Waals surface area (Å²) in [7, 11) is 0. The highest BCUT2D eigenvalue weighted by molar-refractivity contribution is 5.20. The van der Waals surface area contributed by atoms with Gasteiger partial charge >= 0.3 is 0 Å². The van der Waals surface area contributed by atoms with Crippen LogP contribution in [0.1, 0.15) is 70.4 Å². The maximum atomic E-state index is 13.1. The summed E-state index contributed by atoms with van der Waals surface area (Å²) in [6.07, 6.45) is 8.94. The van der Waals surface area contributed by atoms with Crippen LogP contribution in [0.3, 0.4) is 0 Å². The van der Waals surface area contributed by atoms with Crippen molar-refractivity contribution in [3.63, 3.8) is 0 Å². The SMILES string of the molecule is CCCCC(NCC1(CC)CCC1)c1ccc(F)cc1. The number of hydrogen-bond donors (Lipinski definition) is 1. The van der Waals surface area contributed by atoms with Crippen LogP contribution in [0.15, 0.2) is 24.3 Å². The highest BCUT2D eigenvalue weighted by Crippen LogP contribution is 2.43. The van der Waals surface area contributed by atoms with E-state index in [0.29, 0.717) is 11.5 Å². The molecule has 0 spiro atoms. The summed E-state index contributed by atoms with van der Waals surface area (Å²) in [6.45, 7) is 5.64. The van der Waals surface area contributed by atoms with Crippen LogP contribution in [0.4, 0.5) is 4.39 Å². The molecule has 2 heteroatoms. The van der Waals surface area contributed by atoms with Crippen molar-refractivity contribution >= 4 is 0 Å². The highest BCUT2D eigenvalue weighted by atomic mass is 19.1. The van der Waals surface area contributed by atoms with Crippen molar-refractivity contribution in [3.8, 4) is 0 Å². The zero-order chi connectivity index (χ0) is 14.4. The lowest BCUT2D eigenvalue weighted by atomic mass is 9.67. The lowest BCUT2D eigenvalue weighted by Gasteiger charge is -2.42. The summed E-state index contributed by atoms with van der Waals surface area (Å²) in [5.41, 5.74) is 1.76. The van der Waals surface area contributed by atoms with Crippen molar-refractivity contribution in [2.45, 2.75) is 64.8 Å². The average Bonchev–Trinajstić information content (AvgIpc) is 2.42. The molecular formula is C18H28FN. The van der Waals surface area contributed by atoms with Gasteiger partial charge in [-0.3, -0.25) is 0 Å². The molecule has 1 fully saturated rings. The fraction of sp³-hybridized carbons (Fsp3) is 0.667. The minimum atomic E-state index is -0.146. The van der Waals surface area contributed by atoms with Gasteiger partial charge in [-0.25, -0.2) is 4.39 Å². The summed E-state index contributed by atoms with van der Waals surface area (Å²) in [5, 5.41) is 3.76. The Kier molecular flexibility index (Phi) is 5.59. The normalized spacial score (nSPS) is 18.6. The van der Waals surface area contributed by atoms with Gasteiger partial charge in [-0.1, -0.05) is 45.2 Å². The van der Waals surface area contributed by atoms with Crippen LogP contribution < -0.4 is 5.32 Å². The summed E-state index contributed by atoms with van der Waals surface area (Å²) >= 11 is 0. The molecule has 1 nitrogen and oxygen atoms in total. The van der Waals surface area contributed by atoms with Gasteiger partial charge in [-0.2, -0.15) is 0 Å². The van der Waals surface area contributed by atoms with Crippen molar-refractivity contribution in [1.29, 1.82) is 0 Å². The Morgan fingerprint density at radius 1 is 1.20 bits per heavy atom.